The summed E-state index contributed by atoms with van der Waals surface area (Å²) in [5.41, 5.74) is 1.60. The van der Waals surface area contributed by atoms with Crippen LogP contribution >= 0.6 is 0 Å². The van der Waals surface area contributed by atoms with Crippen molar-refractivity contribution in [1.29, 1.82) is 0 Å². The van der Waals surface area contributed by atoms with Crippen LogP contribution < -0.4 is 0 Å². The molecule has 0 N–H and O–H groups in total. The highest BCUT2D eigenvalue weighted by Crippen LogP contribution is 2.27. The third kappa shape index (κ3) is 1.06. The molecular formula is C9H9N3O2. The second-order valence-corrected chi connectivity index (χ2v) is 3.14. The average Bonchev–Trinajstić information content (AvgIpc) is 2.43. The Balaban J connectivity index is 2.92. The van der Waals surface area contributed by atoms with Crippen LogP contribution in [0, 0.1) is 17.0 Å². The van der Waals surface area contributed by atoms with Crippen LogP contribution in [0.3, 0.4) is 0 Å². The molecule has 1 aromatic carbocycles. The number of rotatable bonds is 1. The molecule has 5 heteroatoms. The first-order chi connectivity index (χ1) is 6.61. The minimum Gasteiger partial charge on any atom is -0.267 e. The Kier molecular flexibility index (Phi) is 1.73. The van der Waals surface area contributed by atoms with E-state index in [-0.39, 0.29) is 10.6 Å². The van der Waals surface area contributed by atoms with Crippen molar-refractivity contribution in [2.45, 2.75) is 6.92 Å². The third-order valence-corrected chi connectivity index (χ3v) is 2.23. The third-order valence-electron chi connectivity index (χ3n) is 2.23. The first kappa shape index (κ1) is 8.68. The fourth-order valence-corrected chi connectivity index (χ4v) is 1.65. The standard InChI is InChI=1S/C9H9N3O2/c1-6-9-7(11(2)10-6)4-3-5-8(9)12(13)14/h3-5H,1-2H3. The summed E-state index contributed by atoms with van der Waals surface area (Å²) in [6.07, 6.45) is 0. The average molecular weight is 191 g/mol. The van der Waals surface area contributed by atoms with Gasteiger partial charge in [-0.2, -0.15) is 5.10 Å². The zero-order chi connectivity index (χ0) is 10.3. The summed E-state index contributed by atoms with van der Waals surface area (Å²) in [5.74, 6) is 0. The van der Waals surface area contributed by atoms with Crippen LogP contribution in [0.1, 0.15) is 5.69 Å². The molecule has 0 unspecified atom stereocenters. The molecule has 0 amide bonds. The molecule has 0 radical (unpaired) electrons. The van der Waals surface area contributed by atoms with E-state index in [4.69, 9.17) is 0 Å². The zero-order valence-electron chi connectivity index (χ0n) is 7.89. The summed E-state index contributed by atoms with van der Waals surface area (Å²) in [6, 6.07) is 4.99. The first-order valence-corrected chi connectivity index (χ1v) is 4.18. The van der Waals surface area contributed by atoms with Crippen molar-refractivity contribution in [2.24, 2.45) is 7.05 Å². The van der Waals surface area contributed by atoms with Gasteiger partial charge in [-0.3, -0.25) is 14.8 Å². The van der Waals surface area contributed by atoms with Crippen LogP contribution in [-0.2, 0) is 7.05 Å². The van der Waals surface area contributed by atoms with Crippen molar-refractivity contribution in [3.8, 4) is 0 Å². The van der Waals surface area contributed by atoms with Crippen LogP contribution in [0.5, 0.6) is 0 Å². The maximum Gasteiger partial charge on any atom is 0.280 e. The van der Waals surface area contributed by atoms with Crippen LogP contribution in [0.2, 0.25) is 0 Å². The lowest BCUT2D eigenvalue weighted by atomic mass is 10.2. The number of hydrogen-bond donors (Lipinski definition) is 0. The van der Waals surface area contributed by atoms with Crippen LogP contribution in [0.4, 0.5) is 5.69 Å². The van der Waals surface area contributed by atoms with E-state index in [1.165, 1.54) is 6.07 Å². The summed E-state index contributed by atoms with van der Waals surface area (Å²) >= 11 is 0. The molecule has 0 aliphatic carbocycles. The van der Waals surface area contributed by atoms with Gasteiger partial charge in [0.05, 0.1) is 16.1 Å². The Bertz CT molecular complexity index is 516. The van der Waals surface area contributed by atoms with Crippen molar-refractivity contribution < 1.29 is 4.92 Å². The topological polar surface area (TPSA) is 61.0 Å². The maximum absolute atomic E-state index is 10.7. The predicted molar refractivity (Wildman–Crippen MR) is 52.1 cm³/mol. The van der Waals surface area contributed by atoms with Crippen molar-refractivity contribution in [2.75, 3.05) is 0 Å². The van der Waals surface area contributed by atoms with Gasteiger partial charge in [-0.15, -0.1) is 0 Å². The molecule has 0 atom stereocenters. The van der Waals surface area contributed by atoms with Gasteiger partial charge in [-0.05, 0) is 13.0 Å². The van der Waals surface area contributed by atoms with Crippen molar-refractivity contribution in [3.05, 3.63) is 34.0 Å². The van der Waals surface area contributed by atoms with Gasteiger partial charge in [-0.1, -0.05) is 6.07 Å². The Morgan fingerprint density at radius 3 is 2.86 bits per heavy atom. The Morgan fingerprint density at radius 1 is 1.50 bits per heavy atom. The Hall–Kier alpha value is -1.91. The van der Waals surface area contributed by atoms with E-state index in [0.717, 1.165) is 5.52 Å². The molecule has 0 fully saturated rings. The molecule has 0 aliphatic rings. The van der Waals surface area contributed by atoms with Crippen molar-refractivity contribution in [3.63, 3.8) is 0 Å². The summed E-state index contributed by atoms with van der Waals surface area (Å²) < 4.78 is 1.65. The van der Waals surface area contributed by atoms with Gasteiger partial charge < -0.3 is 0 Å². The molecule has 0 saturated heterocycles. The highest BCUT2D eigenvalue weighted by molar-refractivity contribution is 5.90. The molecule has 14 heavy (non-hydrogen) atoms. The minimum atomic E-state index is -0.378. The number of nitro groups is 1. The number of benzene rings is 1. The molecular weight excluding hydrogens is 182 g/mol. The highest BCUT2D eigenvalue weighted by atomic mass is 16.6. The SMILES string of the molecule is Cc1nn(C)c2cccc([N+](=O)[O-])c12. The van der Waals surface area contributed by atoms with E-state index < -0.39 is 0 Å². The molecule has 0 saturated carbocycles. The van der Waals surface area contributed by atoms with Gasteiger partial charge in [0.15, 0.2) is 0 Å². The second-order valence-electron chi connectivity index (χ2n) is 3.14. The summed E-state index contributed by atoms with van der Waals surface area (Å²) in [7, 11) is 1.78. The highest BCUT2D eigenvalue weighted by Gasteiger charge is 2.16. The minimum absolute atomic E-state index is 0.119. The zero-order valence-corrected chi connectivity index (χ0v) is 7.89. The Morgan fingerprint density at radius 2 is 2.21 bits per heavy atom. The second kappa shape index (κ2) is 2.80. The fourth-order valence-electron chi connectivity index (χ4n) is 1.65. The first-order valence-electron chi connectivity index (χ1n) is 4.18. The maximum atomic E-state index is 10.7. The molecule has 1 heterocycles. The molecule has 0 bridgehead atoms. The van der Waals surface area contributed by atoms with Gasteiger partial charge in [0.2, 0.25) is 0 Å². The number of hydrogen-bond acceptors (Lipinski definition) is 3. The van der Waals surface area contributed by atoms with Gasteiger partial charge in [0.1, 0.15) is 5.39 Å². The van der Waals surface area contributed by atoms with Gasteiger partial charge in [0.25, 0.3) is 5.69 Å². The molecule has 5 nitrogen and oxygen atoms in total. The van der Waals surface area contributed by atoms with Gasteiger partial charge in [0, 0.05) is 13.1 Å². The smallest absolute Gasteiger partial charge is 0.267 e. The monoisotopic (exact) mass is 191 g/mol. The van der Waals surface area contributed by atoms with Crippen LogP contribution in [0.15, 0.2) is 18.2 Å². The van der Waals surface area contributed by atoms with E-state index in [9.17, 15) is 10.1 Å². The molecule has 0 spiro atoms. The predicted octanol–water partition coefficient (Wildman–Crippen LogP) is 1.79. The normalized spacial score (nSPS) is 10.7. The fraction of sp³-hybridized carbons (Fsp3) is 0.222. The lowest BCUT2D eigenvalue weighted by Gasteiger charge is -1.94. The number of nitrogens with zero attached hydrogens (tertiary/aromatic N) is 3. The van der Waals surface area contributed by atoms with E-state index in [1.54, 1.807) is 24.7 Å². The summed E-state index contributed by atoms with van der Waals surface area (Å²) in [4.78, 5) is 10.4. The van der Waals surface area contributed by atoms with Gasteiger partial charge in [-0.25, -0.2) is 0 Å². The van der Waals surface area contributed by atoms with Crippen molar-refractivity contribution in [1.82, 2.24) is 9.78 Å². The Labute approximate surface area is 80.1 Å². The quantitative estimate of drug-likeness (QED) is 0.510. The van der Waals surface area contributed by atoms with Crippen molar-refractivity contribution >= 4 is 16.6 Å². The molecule has 72 valence electrons. The number of fused-ring (bicyclic) bond motifs is 1. The summed E-state index contributed by atoms with van der Waals surface area (Å²) in [5, 5.41) is 15.5. The largest absolute Gasteiger partial charge is 0.280 e. The van der Waals surface area contributed by atoms with Gasteiger partial charge >= 0.3 is 0 Å². The van der Waals surface area contributed by atoms with E-state index in [1.807, 2.05) is 6.07 Å². The summed E-state index contributed by atoms with van der Waals surface area (Å²) in [6.45, 7) is 1.77. The number of aryl methyl sites for hydroxylation is 2. The number of aromatic nitrogens is 2. The molecule has 1 aromatic heterocycles. The number of nitro benzene ring substituents is 1. The molecule has 2 rings (SSSR count). The molecule has 2 aromatic rings. The lowest BCUT2D eigenvalue weighted by Crippen LogP contribution is -1.90. The molecule has 0 aliphatic heterocycles. The number of non-ortho nitro benzene ring substituents is 1. The van der Waals surface area contributed by atoms with E-state index in [2.05, 4.69) is 5.10 Å². The lowest BCUT2D eigenvalue weighted by molar-refractivity contribution is -0.383. The van der Waals surface area contributed by atoms with Crippen LogP contribution in [-0.4, -0.2) is 14.7 Å². The van der Waals surface area contributed by atoms with E-state index >= 15 is 0 Å². The van der Waals surface area contributed by atoms with Crippen LogP contribution in [0.25, 0.3) is 10.9 Å². The van der Waals surface area contributed by atoms with E-state index in [0.29, 0.717) is 11.1 Å².